The molecule has 0 radical (unpaired) electrons. The van der Waals surface area contributed by atoms with Gasteiger partial charge in [-0.05, 0) is 34.9 Å². The van der Waals surface area contributed by atoms with Crippen molar-refractivity contribution < 1.29 is 9.53 Å². The molecule has 3 aromatic rings. The average Bonchev–Trinajstić information content (AvgIpc) is 3.12. The van der Waals surface area contributed by atoms with Crippen LogP contribution < -0.4 is 5.32 Å². The zero-order valence-corrected chi connectivity index (χ0v) is 17.6. The van der Waals surface area contributed by atoms with Crippen LogP contribution in [0.3, 0.4) is 0 Å². The number of fused-ring (bicyclic) bond motifs is 3. The zero-order valence-electron chi connectivity index (χ0n) is 16.7. The van der Waals surface area contributed by atoms with Gasteiger partial charge in [-0.2, -0.15) is 0 Å². The lowest BCUT2D eigenvalue weighted by Crippen LogP contribution is -2.26. The minimum absolute atomic E-state index is 0.0762. The van der Waals surface area contributed by atoms with Crippen LogP contribution in [0.25, 0.3) is 17.2 Å². The quantitative estimate of drug-likeness (QED) is 0.328. The number of thioether (sulfide) groups is 1. The van der Waals surface area contributed by atoms with Crippen molar-refractivity contribution in [3.05, 3.63) is 83.7 Å². The molecule has 0 saturated heterocycles. The minimum Gasteiger partial charge on any atom is -0.449 e. The number of hydrogen-bond donors (Lipinski definition) is 1. The van der Waals surface area contributed by atoms with E-state index in [4.69, 9.17) is 4.74 Å². The molecule has 0 bridgehead atoms. The summed E-state index contributed by atoms with van der Waals surface area (Å²) >= 11 is 1.51. The van der Waals surface area contributed by atoms with E-state index in [2.05, 4.69) is 39.6 Å². The number of benzene rings is 2. The molecular weight excluding hydrogens is 394 g/mol. The van der Waals surface area contributed by atoms with E-state index in [-0.39, 0.29) is 5.92 Å². The second kappa shape index (κ2) is 9.59. The number of hydrogen-bond acceptors (Lipinski definition) is 5. The third-order valence-electron chi connectivity index (χ3n) is 5.07. The van der Waals surface area contributed by atoms with Gasteiger partial charge < -0.3 is 10.1 Å². The van der Waals surface area contributed by atoms with Crippen molar-refractivity contribution in [2.75, 3.05) is 19.4 Å². The predicted octanol–water partition coefficient (Wildman–Crippen LogP) is 5.14. The first-order valence-corrected chi connectivity index (χ1v) is 11.1. The average molecular weight is 418 g/mol. The van der Waals surface area contributed by atoms with Gasteiger partial charge in [-0.25, -0.2) is 14.8 Å². The predicted molar refractivity (Wildman–Crippen MR) is 121 cm³/mol. The van der Waals surface area contributed by atoms with E-state index in [9.17, 15) is 4.79 Å². The fraction of sp³-hybridized carbons (Fsp3) is 0.208. The molecule has 1 heterocycles. The molecule has 0 aliphatic heterocycles. The minimum atomic E-state index is -0.391. The third kappa shape index (κ3) is 4.54. The molecule has 4 rings (SSSR count). The van der Waals surface area contributed by atoms with Gasteiger partial charge in [-0.3, -0.25) is 0 Å². The van der Waals surface area contributed by atoms with E-state index in [0.29, 0.717) is 19.6 Å². The van der Waals surface area contributed by atoms with Gasteiger partial charge in [0.1, 0.15) is 6.61 Å². The molecular formula is C24H23N3O2S. The van der Waals surface area contributed by atoms with Crippen LogP contribution in [0, 0.1) is 0 Å². The summed E-state index contributed by atoms with van der Waals surface area (Å²) in [6.45, 7) is 0.839. The lowest BCUT2D eigenvalue weighted by molar-refractivity contribution is 0.143. The summed E-state index contributed by atoms with van der Waals surface area (Å²) in [4.78, 5) is 20.6. The first-order chi connectivity index (χ1) is 14.8. The van der Waals surface area contributed by atoms with E-state index in [0.717, 1.165) is 10.7 Å². The van der Waals surface area contributed by atoms with Gasteiger partial charge in [0, 0.05) is 30.4 Å². The SMILES string of the molecule is CSc1ncc(C=CCCNC(=O)OCC2c3ccccc3-c3ccccc32)cn1. The summed E-state index contributed by atoms with van der Waals surface area (Å²) in [5, 5.41) is 3.57. The molecule has 1 amide bonds. The molecule has 1 aliphatic carbocycles. The standard InChI is InChI=1S/C24H23N3O2S/c1-30-23-26-14-17(15-27-23)8-6-7-13-25-24(28)29-16-22-20-11-4-2-9-18(20)19-10-3-5-12-21(19)22/h2-6,8-12,14-15,22H,7,13,16H2,1H3,(H,25,28). The number of carbonyl (C=O) groups is 1. The van der Waals surface area contributed by atoms with Crippen LogP contribution in [0.4, 0.5) is 4.79 Å². The van der Waals surface area contributed by atoms with E-state index in [1.165, 1.54) is 34.0 Å². The largest absolute Gasteiger partial charge is 0.449 e. The summed E-state index contributed by atoms with van der Waals surface area (Å²) < 4.78 is 5.53. The van der Waals surface area contributed by atoms with Crippen LogP contribution in [0.15, 0.2) is 72.2 Å². The van der Waals surface area contributed by atoms with E-state index >= 15 is 0 Å². The first-order valence-electron chi connectivity index (χ1n) is 9.87. The Morgan fingerprint density at radius 2 is 1.70 bits per heavy atom. The van der Waals surface area contributed by atoms with E-state index < -0.39 is 6.09 Å². The smallest absolute Gasteiger partial charge is 0.407 e. The molecule has 6 heteroatoms. The van der Waals surface area contributed by atoms with Crippen molar-refractivity contribution in [3.63, 3.8) is 0 Å². The van der Waals surface area contributed by atoms with Gasteiger partial charge in [0.05, 0.1) is 0 Å². The maximum absolute atomic E-state index is 12.1. The Morgan fingerprint density at radius 3 is 2.33 bits per heavy atom. The second-order valence-electron chi connectivity index (χ2n) is 6.95. The Labute approximate surface area is 180 Å². The van der Waals surface area contributed by atoms with Crippen LogP contribution in [0.5, 0.6) is 0 Å². The fourth-order valence-electron chi connectivity index (χ4n) is 3.64. The fourth-order valence-corrected chi connectivity index (χ4v) is 3.96. The molecule has 1 aliphatic rings. The van der Waals surface area contributed by atoms with Crippen molar-refractivity contribution in [2.45, 2.75) is 17.5 Å². The second-order valence-corrected chi connectivity index (χ2v) is 7.72. The molecule has 1 aromatic heterocycles. The van der Waals surface area contributed by atoms with Crippen LogP contribution in [-0.2, 0) is 4.74 Å². The number of aromatic nitrogens is 2. The summed E-state index contributed by atoms with van der Waals surface area (Å²) in [6, 6.07) is 16.6. The topological polar surface area (TPSA) is 64.1 Å². The van der Waals surface area contributed by atoms with Gasteiger partial charge in [0.15, 0.2) is 5.16 Å². The normalized spacial score (nSPS) is 12.6. The van der Waals surface area contributed by atoms with E-state index in [1.54, 1.807) is 12.4 Å². The first kappa shape index (κ1) is 20.2. The van der Waals surface area contributed by atoms with E-state index in [1.807, 2.05) is 42.7 Å². The molecule has 2 aromatic carbocycles. The monoisotopic (exact) mass is 417 g/mol. The molecule has 5 nitrogen and oxygen atoms in total. The van der Waals surface area contributed by atoms with Crippen molar-refractivity contribution in [2.24, 2.45) is 0 Å². The van der Waals surface area contributed by atoms with Crippen LogP contribution in [0.2, 0.25) is 0 Å². The van der Waals surface area contributed by atoms with Crippen molar-refractivity contribution in [3.8, 4) is 11.1 Å². The molecule has 0 unspecified atom stereocenters. The van der Waals surface area contributed by atoms with Crippen molar-refractivity contribution in [1.82, 2.24) is 15.3 Å². The van der Waals surface area contributed by atoms with Gasteiger partial charge >= 0.3 is 6.09 Å². The van der Waals surface area contributed by atoms with Gasteiger partial charge in [0.25, 0.3) is 0 Å². The lowest BCUT2D eigenvalue weighted by atomic mass is 9.98. The maximum Gasteiger partial charge on any atom is 0.407 e. The Bertz CT molecular complexity index is 1000. The summed E-state index contributed by atoms with van der Waals surface area (Å²) in [6.07, 6.45) is 9.76. The Kier molecular flexibility index (Phi) is 6.44. The molecule has 0 spiro atoms. The van der Waals surface area contributed by atoms with Crippen LogP contribution >= 0.6 is 11.8 Å². The number of alkyl carbamates (subject to hydrolysis) is 1. The van der Waals surface area contributed by atoms with Gasteiger partial charge in [-0.15, -0.1) is 0 Å². The Morgan fingerprint density at radius 1 is 1.07 bits per heavy atom. The summed E-state index contributed by atoms with van der Waals surface area (Å²) in [5.74, 6) is 0.0762. The molecule has 152 valence electrons. The highest BCUT2D eigenvalue weighted by Crippen LogP contribution is 2.44. The zero-order chi connectivity index (χ0) is 20.8. The molecule has 1 N–H and O–H groups in total. The lowest BCUT2D eigenvalue weighted by Gasteiger charge is -2.14. The number of nitrogens with one attached hydrogen (secondary N) is 1. The summed E-state index contributed by atoms with van der Waals surface area (Å²) in [7, 11) is 0. The van der Waals surface area contributed by atoms with Crippen molar-refractivity contribution >= 4 is 23.9 Å². The highest BCUT2D eigenvalue weighted by Gasteiger charge is 2.28. The van der Waals surface area contributed by atoms with Crippen LogP contribution in [-0.4, -0.2) is 35.5 Å². The number of ether oxygens (including phenoxy) is 1. The molecule has 0 atom stereocenters. The van der Waals surface area contributed by atoms with Crippen LogP contribution in [0.1, 0.15) is 29.0 Å². The summed E-state index contributed by atoms with van der Waals surface area (Å²) in [5.41, 5.74) is 5.81. The molecule has 0 fully saturated rings. The van der Waals surface area contributed by atoms with Crippen molar-refractivity contribution in [1.29, 1.82) is 0 Å². The Hall–Kier alpha value is -3.12. The molecule has 30 heavy (non-hydrogen) atoms. The van der Waals surface area contributed by atoms with Gasteiger partial charge in [0.2, 0.25) is 0 Å². The number of carbonyl (C=O) groups excluding carboxylic acids is 1. The highest BCUT2D eigenvalue weighted by atomic mass is 32.2. The molecule has 0 saturated carbocycles. The number of amides is 1. The number of rotatable bonds is 7. The maximum atomic E-state index is 12.1. The van der Waals surface area contributed by atoms with Gasteiger partial charge in [-0.1, -0.05) is 72.4 Å². The third-order valence-corrected chi connectivity index (χ3v) is 5.64. The number of nitrogens with zero attached hydrogens (tertiary/aromatic N) is 2. The Balaban J connectivity index is 1.26. The highest BCUT2D eigenvalue weighted by molar-refractivity contribution is 7.98.